The summed E-state index contributed by atoms with van der Waals surface area (Å²) in [6, 6.07) is 7.46. The normalized spacial score (nSPS) is 19.4. The standard InChI is InChI=1S/C13H17NO3/c1-17-13(16)12-3-2-8-14(12)11-6-4-10(9-15)5-7-11/h4-7,12,15H,2-3,8-9H2,1H3/t12-/m0/s1. The van der Waals surface area contributed by atoms with Gasteiger partial charge in [-0.05, 0) is 30.5 Å². The maximum absolute atomic E-state index is 11.6. The second kappa shape index (κ2) is 5.19. The third-order valence-electron chi connectivity index (χ3n) is 3.18. The number of hydrogen-bond donors (Lipinski definition) is 1. The maximum Gasteiger partial charge on any atom is 0.328 e. The third kappa shape index (κ3) is 2.42. The first-order chi connectivity index (χ1) is 8.26. The lowest BCUT2D eigenvalue weighted by Crippen LogP contribution is -2.36. The van der Waals surface area contributed by atoms with Crippen molar-refractivity contribution in [1.82, 2.24) is 0 Å². The zero-order chi connectivity index (χ0) is 12.3. The summed E-state index contributed by atoms with van der Waals surface area (Å²) in [5.41, 5.74) is 1.89. The lowest BCUT2D eigenvalue weighted by molar-refractivity contribution is -0.141. The topological polar surface area (TPSA) is 49.8 Å². The summed E-state index contributed by atoms with van der Waals surface area (Å²) in [6.45, 7) is 0.916. The predicted octanol–water partition coefficient (Wildman–Crippen LogP) is 1.32. The highest BCUT2D eigenvalue weighted by molar-refractivity contribution is 5.80. The van der Waals surface area contributed by atoms with Crippen LogP contribution in [-0.2, 0) is 16.1 Å². The minimum Gasteiger partial charge on any atom is -0.467 e. The van der Waals surface area contributed by atoms with Gasteiger partial charge in [0.15, 0.2) is 0 Å². The molecule has 92 valence electrons. The molecule has 1 heterocycles. The molecule has 0 spiro atoms. The second-order valence-electron chi connectivity index (χ2n) is 4.20. The van der Waals surface area contributed by atoms with E-state index in [0.717, 1.165) is 30.6 Å². The van der Waals surface area contributed by atoms with Crippen LogP contribution in [0.4, 0.5) is 5.69 Å². The molecule has 0 saturated carbocycles. The molecule has 17 heavy (non-hydrogen) atoms. The first-order valence-electron chi connectivity index (χ1n) is 5.80. The maximum atomic E-state index is 11.6. The van der Waals surface area contributed by atoms with Gasteiger partial charge in [-0.2, -0.15) is 0 Å². The molecule has 1 fully saturated rings. The lowest BCUT2D eigenvalue weighted by Gasteiger charge is -2.24. The fourth-order valence-electron chi connectivity index (χ4n) is 2.25. The highest BCUT2D eigenvalue weighted by atomic mass is 16.5. The van der Waals surface area contributed by atoms with E-state index in [4.69, 9.17) is 9.84 Å². The van der Waals surface area contributed by atoms with Crippen LogP contribution in [0.15, 0.2) is 24.3 Å². The van der Waals surface area contributed by atoms with Crippen molar-refractivity contribution in [3.8, 4) is 0 Å². The Bertz CT molecular complexity index is 388. The molecule has 0 unspecified atom stereocenters. The molecule has 1 N–H and O–H groups in total. The summed E-state index contributed by atoms with van der Waals surface area (Å²) in [5.74, 6) is -0.172. The second-order valence-corrected chi connectivity index (χ2v) is 4.20. The number of carbonyl (C=O) groups is 1. The van der Waals surface area contributed by atoms with E-state index >= 15 is 0 Å². The molecule has 0 amide bonds. The smallest absolute Gasteiger partial charge is 0.328 e. The van der Waals surface area contributed by atoms with Gasteiger partial charge in [-0.3, -0.25) is 0 Å². The van der Waals surface area contributed by atoms with Gasteiger partial charge in [-0.25, -0.2) is 4.79 Å². The largest absolute Gasteiger partial charge is 0.467 e. The van der Waals surface area contributed by atoms with Crippen molar-refractivity contribution in [1.29, 1.82) is 0 Å². The van der Waals surface area contributed by atoms with E-state index in [1.54, 1.807) is 0 Å². The zero-order valence-electron chi connectivity index (χ0n) is 9.93. The van der Waals surface area contributed by atoms with E-state index in [2.05, 4.69) is 4.90 Å². The molecule has 2 rings (SSSR count). The number of aliphatic hydroxyl groups is 1. The van der Waals surface area contributed by atoms with Gasteiger partial charge in [-0.1, -0.05) is 12.1 Å². The van der Waals surface area contributed by atoms with Crippen molar-refractivity contribution in [2.45, 2.75) is 25.5 Å². The van der Waals surface area contributed by atoms with Crippen molar-refractivity contribution < 1.29 is 14.6 Å². The van der Waals surface area contributed by atoms with Crippen molar-refractivity contribution in [3.05, 3.63) is 29.8 Å². The average molecular weight is 235 g/mol. The van der Waals surface area contributed by atoms with E-state index < -0.39 is 0 Å². The first-order valence-corrected chi connectivity index (χ1v) is 5.80. The van der Waals surface area contributed by atoms with Crippen LogP contribution < -0.4 is 4.90 Å². The van der Waals surface area contributed by atoms with Gasteiger partial charge >= 0.3 is 5.97 Å². The van der Waals surface area contributed by atoms with Gasteiger partial charge in [0, 0.05) is 12.2 Å². The SMILES string of the molecule is COC(=O)[C@@H]1CCCN1c1ccc(CO)cc1. The van der Waals surface area contributed by atoms with Crippen LogP contribution in [0.2, 0.25) is 0 Å². The molecular formula is C13H17NO3. The van der Waals surface area contributed by atoms with Gasteiger partial charge in [0.2, 0.25) is 0 Å². The molecule has 1 atom stereocenters. The monoisotopic (exact) mass is 235 g/mol. The number of anilines is 1. The van der Waals surface area contributed by atoms with E-state index in [1.807, 2.05) is 24.3 Å². The lowest BCUT2D eigenvalue weighted by atomic mass is 10.2. The Balaban J connectivity index is 2.17. The van der Waals surface area contributed by atoms with Gasteiger partial charge < -0.3 is 14.7 Å². The van der Waals surface area contributed by atoms with Crippen LogP contribution in [-0.4, -0.2) is 30.8 Å². The van der Waals surface area contributed by atoms with Crippen molar-refractivity contribution >= 4 is 11.7 Å². The van der Waals surface area contributed by atoms with Crippen LogP contribution >= 0.6 is 0 Å². The zero-order valence-corrected chi connectivity index (χ0v) is 9.93. The molecule has 0 bridgehead atoms. The van der Waals surface area contributed by atoms with E-state index in [9.17, 15) is 4.79 Å². The molecule has 4 nitrogen and oxygen atoms in total. The number of carbonyl (C=O) groups excluding carboxylic acids is 1. The van der Waals surface area contributed by atoms with Crippen LogP contribution in [0.5, 0.6) is 0 Å². The van der Waals surface area contributed by atoms with Crippen molar-refractivity contribution in [2.75, 3.05) is 18.6 Å². The number of methoxy groups -OCH3 is 1. The van der Waals surface area contributed by atoms with Crippen LogP contribution in [0.3, 0.4) is 0 Å². The van der Waals surface area contributed by atoms with Crippen LogP contribution in [0.1, 0.15) is 18.4 Å². The number of rotatable bonds is 3. The Hall–Kier alpha value is -1.55. The Morgan fingerprint density at radius 3 is 2.76 bits per heavy atom. The highest BCUT2D eigenvalue weighted by Crippen LogP contribution is 2.26. The van der Waals surface area contributed by atoms with Crippen molar-refractivity contribution in [2.24, 2.45) is 0 Å². The van der Waals surface area contributed by atoms with Gasteiger partial charge in [0.25, 0.3) is 0 Å². The summed E-state index contributed by atoms with van der Waals surface area (Å²) in [7, 11) is 1.42. The molecular weight excluding hydrogens is 218 g/mol. The fourth-order valence-corrected chi connectivity index (χ4v) is 2.25. The third-order valence-corrected chi connectivity index (χ3v) is 3.18. The molecule has 1 aromatic rings. The highest BCUT2D eigenvalue weighted by Gasteiger charge is 2.31. The van der Waals surface area contributed by atoms with Crippen LogP contribution in [0.25, 0.3) is 0 Å². The fraction of sp³-hybridized carbons (Fsp3) is 0.462. The Kier molecular flexibility index (Phi) is 3.64. The summed E-state index contributed by atoms with van der Waals surface area (Å²) in [6.07, 6.45) is 1.84. The summed E-state index contributed by atoms with van der Waals surface area (Å²) >= 11 is 0. The minimum absolute atomic E-state index is 0.0424. The number of benzene rings is 1. The molecule has 1 aliphatic heterocycles. The van der Waals surface area contributed by atoms with E-state index in [1.165, 1.54) is 7.11 Å². The molecule has 0 radical (unpaired) electrons. The number of hydrogen-bond acceptors (Lipinski definition) is 4. The average Bonchev–Trinajstić information content (AvgIpc) is 2.87. The number of ether oxygens (including phenoxy) is 1. The molecule has 1 aliphatic rings. The molecule has 0 aromatic heterocycles. The number of esters is 1. The molecule has 0 aliphatic carbocycles. The summed E-state index contributed by atoms with van der Waals surface area (Å²) < 4.78 is 4.81. The van der Waals surface area contributed by atoms with Crippen LogP contribution in [0, 0.1) is 0 Å². The number of nitrogens with zero attached hydrogens (tertiary/aromatic N) is 1. The quantitative estimate of drug-likeness (QED) is 0.803. The minimum atomic E-state index is -0.172. The molecule has 1 saturated heterocycles. The Morgan fingerprint density at radius 1 is 1.47 bits per heavy atom. The predicted molar refractivity (Wildman–Crippen MR) is 64.7 cm³/mol. The Morgan fingerprint density at radius 2 is 2.18 bits per heavy atom. The first kappa shape index (κ1) is 11.9. The number of aliphatic hydroxyl groups excluding tert-OH is 1. The van der Waals surface area contributed by atoms with Gasteiger partial charge in [-0.15, -0.1) is 0 Å². The molecule has 4 heteroatoms. The molecule has 1 aromatic carbocycles. The van der Waals surface area contributed by atoms with Gasteiger partial charge in [0.05, 0.1) is 13.7 Å². The van der Waals surface area contributed by atoms with Crippen molar-refractivity contribution in [3.63, 3.8) is 0 Å². The van der Waals surface area contributed by atoms with Gasteiger partial charge in [0.1, 0.15) is 6.04 Å². The summed E-state index contributed by atoms with van der Waals surface area (Å²) in [5, 5.41) is 8.98. The van der Waals surface area contributed by atoms with E-state index in [-0.39, 0.29) is 18.6 Å². The Labute approximate surface area is 101 Å². The summed E-state index contributed by atoms with van der Waals surface area (Å²) in [4.78, 5) is 13.7. The van der Waals surface area contributed by atoms with E-state index in [0.29, 0.717) is 0 Å².